The molecule has 1 saturated carbocycles. The molecule has 7 nitrogen and oxygen atoms in total. The molecule has 2 aliphatic carbocycles. The molecular formula is C28H32N2O5. The minimum absolute atomic E-state index is 0.0123. The number of carboxylic acids is 1. The third-order valence-corrected chi connectivity index (χ3v) is 7.12. The molecule has 2 aromatic rings. The summed E-state index contributed by atoms with van der Waals surface area (Å²) in [5.41, 5.74) is 4.64. The summed E-state index contributed by atoms with van der Waals surface area (Å²) in [4.78, 5) is 36.8. The van der Waals surface area contributed by atoms with Crippen LogP contribution in [0.25, 0.3) is 11.1 Å². The van der Waals surface area contributed by atoms with Gasteiger partial charge in [-0.1, -0.05) is 61.0 Å². The SMILES string of the molecule is C=CCCC(NC(=O)[C@@H]1CCC[C@@H]1CNC(=O)OCC1c2ccccc2-c2ccccc21)C(=O)O. The van der Waals surface area contributed by atoms with Gasteiger partial charge in [-0.3, -0.25) is 4.79 Å². The molecule has 1 fully saturated rings. The first kappa shape index (κ1) is 24.5. The number of allylic oxidation sites excluding steroid dienone is 1. The van der Waals surface area contributed by atoms with Crippen LogP contribution in [0.15, 0.2) is 61.2 Å². The molecule has 0 saturated heterocycles. The number of nitrogens with one attached hydrogen (secondary N) is 2. The average Bonchev–Trinajstić information content (AvgIpc) is 3.46. The molecule has 0 aliphatic heterocycles. The van der Waals surface area contributed by atoms with Crippen LogP contribution >= 0.6 is 0 Å². The van der Waals surface area contributed by atoms with Crippen molar-refractivity contribution in [3.8, 4) is 11.1 Å². The first-order valence-corrected chi connectivity index (χ1v) is 12.2. The van der Waals surface area contributed by atoms with Gasteiger partial charge in [-0.25, -0.2) is 9.59 Å². The molecule has 0 heterocycles. The van der Waals surface area contributed by atoms with E-state index in [4.69, 9.17) is 4.74 Å². The number of benzene rings is 2. The Balaban J connectivity index is 1.30. The summed E-state index contributed by atoms with van der Waals surface area (Å²) in [5, 5.41) is 14.9. The molecule has 0 spiro atoms. The normalized spacial score (nSPS) is 19.3. The van der Waals surface area contributed by atoms with E-state index in [9.17, 15) is 19.5 Å². The van der Waals surface area contributed by atoms with Crippen LogP contribution in [0.4, 0.5) is 4.79 Å². The van der Waals surface area contributed by atoms with E-state index in [2.05, 4.69) is 41.5 Å². The van der Waals surface area contributed by atoms with Gasteiger partial charge in [0.1, 0.15) is 12.6 Å². The van der Waals surface area contributed by atoms with E-state index in [1.165, 1.54) is 11.1 Å². The maximum absolute atomic E-state index is 12.8. The van der Waals surface area contributed by atoms with E-state index < -0.39 is 18.1 Å². The van der Waals surface area contributed by atoms with E-state index >= 15 is 0 Å². The topological polar surface area (TPSA) is 105 Å². The van der Waals surface area contributed by atoms with Crippen LogP contribution in [0.1, 0.15) is 49.1 Å². The lowest BCUT2D eigenvalue weighted by molar-refractivity contribution is -0.142. The largest absolute Gasteiger partial charge is 0.480 e. The fourth-order valence-corrected chi connectivity index (χ4v) is 5.31. The number of ether oxygens (including phenoxy) is 1. The summed E-state index contributed by atoms with van der Waals surface area (Å²) >= 11 is 0. The summed E-state index contributed by atoms with van der Waals surface area (Å²) in [5.74, 6) is -1.70. The van der Waals surface area contributed by atoms with Gasteiger partial charge in [-0.05, 0) is 53.9 Å². The second-order valence-electron chi connectivity index (χ2n) is 9.27. The Hall–Kier alpha value is -3.61. The minimum Gasteiger partial charge on any atom is -0.480 e. The lowest BCUT2D eigenvalue weighted by atomic mass is 9.94. The van der Waals surface area contributed by atoms with Gasteiger partial charge < -0.3 is 20.5 Å². The van der Waals surface area contributed by atoms with Crippen molar-refractivity contribution >= 4 is 18.0 Å². The van der Waals surface area contributed by atoms with Gasteiger partial charge in [-0.2, -0.15) is 0 Å². The van der Waals surface area contributed by atoms with E-state index in [-0.39, 0.29) is 30.3 Å². The zero-order valence-electron chi connectivity index (χ0n) is 19.7. The number of carboxylic acid groups (broad SMARTS) is 1. The molecule has 1 unspecified atom stereocenters. The smallest absolute Gasteiger partial charge is 0.407 e. The van der Waals surface area contributed by atoms with Crippen LogP contribution < -0.4 is 10.6 Å². The molecule has 0 radical (unpaired) electrons. The van der Waals surface area contributed by atoms with Gasteiger partial charge in [0.2, 0.25) is 5.91 Å². The van der Waals surface area contributed by atoms with Gasteiger partial charge in [0.05, 0.1) is 0 Å². The van der Waals surface area contributed by atoms with Crippen molar-refractivity contribution in [2.45, 2.75) is 44.1 Å². The highest BCUT2D eigenvalue weighted by Crippen LogP contribution is 2.44. The van der Waals surface area contributed by atoms with Crippen LogP contribution in [-0.2, 0) is 14.3 Å². The maximum Gasteiger partial charge on any atom is 0.407 e. The first-order chi connectivity index (χ1) is 17.0. The molecule has 4 rings (SSSR count). The third-order valence-electron chi connectivity index (χ3n) is 7.12. The Morgan fingerprint density at radius 2 is 1.71 bits per heavy atom. The Morgan fingerprint density at radius 1 is 1.06 bits per heavy atom. The molecule has 3 N–H and O–H groups in total. The summed E-state index contributed by atoms with van der Waals surface area (Å²) in [6, 6.07) is 15.4. The van der Waals surface area contributed by atoms with Crippen LogP contribution in [0.3, 0.4) is 0 Å². The Kier molecular flexibility index (Phi) is 7.85. The van der Waals surface area contributed by atoms with Crippen molar-refractivity contribution in [2.24, 2.45) is 11.8 Å². The van der Waals surface area contributed by atoms with Gasteiger partial charge >= 0.3 is 12.1 Å². The van der Waals surface area contributed by atoms with Crippen LogP contribution in [0.5, 0.6) is 0 Å². The predicted octanol–water partition coefficient (Wildman–Crippen LogP) is 4.48. The van der Waals surface area contributed by atoms with Gasteiger partial charge in [0.25, 0.3) is 0 Å². The van der Waals surface area contributed by atoms with E-state index in [0.29, 0.717) is 25.8 Å². The summed E-state index contributed by atoms with van der Waals surface area (Å²) < 4.78 is 5.60. The van der Waals surface area contributed by atoms with Crippen molar-refractivity contribution in [1.82, 2.24) is 10.6 Å². The maximum atomic E-state index is 12.8. The lowest BCUT2D eigenvalue weighted by Gasteiger charge is -2.22. The number of aliphatic carboxylic acids is 1. The fourth-order valence-electron chi connectivity index (χ4n) is 5.31. The van der Waals surface area contributed by atoms with Crippen molar-refractivity contribution in [2.75, 3.05) is 13.2 Å². The number of hydrogen-bond donors (Lipinski definition) is 3. The molecule has 2 aliphatic rings. The molecule has 2 amide bonds. The van der Waals surface area contributed by atoms with Crippen molar-refractivity contribution < 1.29 is 24.2 Å². The van der Waals surface area contributed by atoms with Crippen LogP contribution in [0, 0.1) is 11.8 Å². The number of carbonyl (C=O) groups is 3. The van der Waals surface area contributed by atoms with Crippen molar-refractivity contribution in [3.63, 3.8) is 0 Å². The third kappa shape index (κ3) is 5.56. The van der Waals surface area contributed by atoms with Crippen molar-refractivity contribution in [3.05, 3.63) is 72.3 Å². The number of rotatable bonds is 10. The molecule has 7 heteroatoms. The van der Waals surface area contributed by atoms with E-state index in [1.807, 2.05) is 24.3 Å². The fraction of sp³-hybridized carbons (Fsp3) is 0.393. The molecule has 0 aromatic heterocycles. The Morgan fingerprint density at radius 3 is 2.34 bits per heavy atom. The lowest BCUT2D eigenvalue weighted by Crippen LogP contribution is -2.45. The number of amides is 2. The monoisotopic (exact) mass is 476 g/mol. The zero-order valence-corrected chi connectivity index (χ0v) is 19.7. The van der Waals surface area contributed by atoms with Crippen LogP contribution in [0.2, 0.25) is 0 Å². The average molecular weight is 477 g/mol. The van der Waals surface area contributed by atoms with Crippen LogP contribution in [-0.4, -0.2) is 42.3 Å². The first-order valence-electron chi connectivity index (χ1n) is 12.2. The van der Waals surface area contributed by atoms with Gasteiger partial charge in [0.15, 0.2) is 0 Å². The standard InChI is InChI=1S/C28H32N2O5/c1-2-3-15-25(27(32)33)30-26(31)19-14-8-9-18(19)16-29-28(34)35-17-24-22-12-6-4-10-20(22)21-11-5-7-13-23(21)24/h2,4-7,10-13,18-19,24-25H,1,3,8-9,14-17H2,(H,29,34)(H,30,31)(H,32,33)/t18-,19-,25?/m1/s1. The number of alkyl carbamates (subject to hydrolysis) is 1. The Bertz CT molecular complexity index is 1050. The minimum atomic E-state index is -1.05. The summed E-state index contributed by atoms with van der Waals surface area (Å²) in [6.45, 7) is 4.16. The molecule has 184 valence electrons. The molecule has 3 atom stereocenters. The second-order valence-corrected chi connectivity index (χ2v) is 9.27. The molecule has 0 bridgehead atoms. The molecular weight excluding hydrogens is 444 g/mol. The number of fused-ring (bicyclic) bond motifs is 3. The predicted molar refractivity (Wildman–Crippen MR) is 133 cm³/mol. The van der Waals surface area contributed by atoms with Crippen molar-refractivity contribution in [1.29, 1.82) is 0 Å². The highest BCUT2D eigenvalue weighted by Gasteiger charge is 2.35. The number of carbonyl (C=O) groups excluding carboxylic acids is 2. The molecule has 2 aromatic carbocycles. The quantitative estimate of drug-likeness (QED) is 0.439. The second kappa shape index (κ2) is 11.2. The van der Waals surface area contributed by atoms with E-state index in [1.54, 1.807) is 6.08 Å². The van der Waals surface area contributed by atoms with Gasteiger partial charge in [-0.15, -0.1) is 6.58 Å². The van der Waals surface area contributed by atoms with E-state index in [0.717, 1.165) is 24.0 Å². The Labute approximate surface area is 205 Å². The summed E-state index contributed by atoms with van der Waals surface area (Å²) in [6.07, 6.45) is 4.28. The number of hydrogen-bond acceptors (Lipinski definition) is 4. The van der Waals surface area contributed by atoms with Gasteiger partial charge in [0, 0.05) is 18.4 Å². The molecule has 35 heavy (non-hydrogen) atoms. The highest BCUT2D eigenvalue weighted by molar-refractivity contribution is 5.85. The highest BCUT2D eigenvalue weighted by atomic mass is 16.5. The zero-order chi connectivity index (χ0) is 24.8. The summed E-state index contributed by atoms with van der Waals surface area (Å²) in [7, 11) is 0.